The SMILES string of the molecule is CC(C)(C=O)OC(=O)C(C)(C)C. The molecule has 3 nitrogen and oxygen atoms in total. The quantitative estimate of drug-likeness (QED) is 0.469. The fourth-order valence-electron chi connectivity index (χ4n) is 0.416. The van der Waals surface area contributed by atoms with Crippen LogP contribution in [0.25, 0.3) is 0 Å². The van der Waals surface area contributed by atoms with Crippen LogP contribution in [0.5, 0.6) is 0 Å². The average Bonchev–Trinajstić information content (AvgIpc) is 1.85. The lowest BCUT2D eigenvalue weighted by Crippen LogP contribution is -2.35. The van der Waals surface area contributed by atoms with Gasteiger partial charge in [0.05, 0.1) is 5.41 Å². The topological polar surface area (TPSA) is 43.4 Å². The second kappa shape index (κ2) is 3.25. The summed E-state index contributed by atoms with van der Waals surface area (Å²) < 4.78 is 4.94. The van der Waals surface area contributed by atoms with E-state index in [-0.39, 0.29) is 5.97 Å². The van der Waals surface area contributed by atoms with E-state index in [4.69, 9.17) is 4.74 Å². The van der Waals surface area contributed by atoms with Gasteiger partial charge in [-0.25, -0.2) is 0 Å². The first-order valence-corrected chi connectivity index (χ1v) is 3.89. The van der Waals surface area contributed by atoms with Crippen molar-refractivity contribution in [2.45, 2.75) is 40.2 Å². The highest BCUT2D eigenvalue weighted by Crippen LogP contribution is 2.19. The van der Waals surface area contributed by atoms with Crippen molar-refractivity contribution in [3.05, 3.63) is 0 Å². The maximum Gasteiger partial charge on any atom is 0.312 e. The zero-order valence-electron chi connectivity index (χ0n) is 8.30. The van der Waals surface area contributed by atoms with E-state index < -0.39 is 11.0 Å². The fraction of sp³-hybridized carbons (Fsp3) is 0.778. The van der Waals surface area contributed by atoms with Crippen molar-refractivity contribution in [3.63, 3.8) is 0 Å². The summed E-state index contributed by atoms with van der Waals surface area (Å²) >= 11 is 0. The molecule has 12 heavy (non-hydrogen) atoms. The summed E-state index contributed by atoms with van der Waals surface area (Å²) in [5, 5.41) is 0. The minimum atomic E-state index is -1.01. The van der Waals surface area contributed by atoms with E-state index in [1.54, 1.807) is 34.6 Å². The van der Waals surface area contributed by atoms with Crippen LogP contribution < -0.4 is 0 Å². The Morgan fingerprint density at radius 3 is 1.83 bits per heavy atom. The summed E-state index contributed by atoms with van der Waals surface area (Å²) in [4.78, 5) is 21.7. The summed E-state index contributed by atoms with van der Waals surface area (Å²) in [6.07, 6.45) is 0.622. The molecule has 0 fully saturated rings. The largest absolute Gasteiger partial charge is 0.452 e. The molecule has 0 aromatic rings. The van der Waals surface area contributed by atoms with Crippen molar-refractivity contribution in [2.24, 2.45) is 5.41 Å². The van der Waals surface area contributed by atoms with Crippen molar-refractivity contribution in [2.75, 3.05) is 0 Å². The number of carbonyl (C=O) groups excluding carboxylic acids is 2. The molecule has 0 saturated carbocycles. The van der Waals surface area contributed by atoms with E-state index in [9.17, 15) is 9.59 Å². The monoisotopic (exact) mass is 172 g/mol. The molecule has 0 aliphatic rings. The molecule has 0 atom stereocenters. The van der Waals surface area contributed by atoms with Crippen molar-refractivity contribution in [1.29, 1.82) is 0 Å². The third-order valence-electron chi connectivity index (χ3n) is 1.25. The van der Waals surface area contributed by atoms with Crippen LogP contribution >= 0.6 is 0 Å². The van der Waals surface area contributed by atoms with E-state index >= 15 is 0 Å². The Labute approximate surface area is 73.1 Å². The van der Waals surface area contributed by atoms with E-state index in [0.717, 1.165) is 0 Å². The first-order valence-electron chi connectivity index (χ1n) is 3.89. The van der Waals surface area contributed by atoms with Gasteiger partial charge in [-0.15, -0.1) is 0 Å². The van der Waals surface area contributed by atoms with Gasteiger partial charge >= 0.3 is 5.97 Å². The zero-order valence-corrected chi connectivity index (χ0v) is 8.30. The van der Waals surface area contributed by atoms with Crippen LogP contribution in [-0.4, -0.2) is 17.9 Å². The van der Waals surface area contributed by atoms with Crippen molar-refractivity contribution >= 4 is 12.3 Å². The molecule has 0 amide bonds. The van der Waals surface area contributed by atoms with Gasteiger partial charge in [0.25, 0.3) is 0 Å². The number of esters is 1. The van der Waals surface area contributed by atoms with Crippen LogP contribution in [0.15, 0.2) is 0 Å². The Bertz CT molecular complexity index is 186. The molecule has 0 rings (SSSR count). The highest BCUT2D eigenvalue weighted by Gasteiger charge is 2.29. The lowest BCUT2D eigenvalue weighted by molar-refractivity contribution is -0.167. The molecule has 0 heterocycles. The van der Waals surface area contributed by atoms with E-state index in [1.807, 2.05) is 0 Å². The summed E-state index contributed by atoms with van der Waals surface area (Å²) in [6, 6.07) is 0. The van der Waals surface area contributed by atoms with Crippen molar-refractivity contribution < 1.29 is 14.3 Å². The Balaban J connectivity index is 4.29. The van der Waals surface area contributed by atoms with E-state index in [0.29, 0.717) is 6.29 Å². The molecule has 0 unspecified atom stereocenters. The molecule has 0 radical (unpaired) electrons. The summed E-state index contributed by atoms with van der Waals surface area (Å²) in [5.41, 5.74) is -1.56. The van der Waals surface area contributed by atoms with Gasteiger partial charge in [-0.3, -0.25) is 9.59 Å². The molecule has 0 aromatic carbocycles. The van der Waals surface area contributed by atoms with Crippen LogP contribution in [0, 0.1) is 5.41 Å². The Morgan fingerprint density at radius 2 is 1.58 bits per heavy atom. The van der Waals surface area contributed by atoms with Crippen molar-refractivity contribution in [1.82, 2.24) is 0 Å². The summed E-state index contributed by atoms with van der Waals surface area (Å²) in [7, 11) is 0. The molecule has 3 heteroatoms. The van der Waals surface area contributed by atoms with Gasteiger partial charge in [0, 0.05) is 0 Å². The number of hydrogen-bond donors (Lipinski definition) is 0. The van der Waals surface area contributed by atoms with E-state index in [1.165, 1.54) is 0 Å². The third-order valence-corrected chi connectivity index (χ3v) is 1.25. The van der Waals surface area contributed by atoms with Crippen LogP contribution in [0.4, 0.5) is 0 Å². The average molecular weight is 172 g/mol. The van der Waals surface area contributed by atoms with Crippen molar-refractivity contribution in [3.8, 4) is 0 Å². The smallest absolute Gasteiger partial charge is 0.312 e. The molecular weight excluding hydrogens is 156 g/mol. The Hall–Kier alpha value is -0.860. The predicted molar refractivity (Wildman–Crippen MR) is 45.7 cm³/mol. The zero-order chi connectivity index (χ0) is 9.99. The highest BCUT2D eigenvalue weighted by atomic mass is 16.6. The maximum absolute atomic E-state index is 11.3. The van der Waals surface area contributed by atoms with Gasteiger partial charge in [-0.05, 0) is 34.6 Å². The predicted octanol–water partition coefficient (Wildman–Crippen LogP) is 1.55. The first kappa shape index (κ1) is 11.1. The minimum absolute atomic E-state index is 0.361. The Morgan fingerprint density at radius 1 is 1.17 bits per heavy atom. The molecular formula is C9H16O3. The normalized spacial score (nSPS) is 12.4. The summed E-state index contributed by atoms with van der Waals surface area (Å²) in [6.45, 7) is 8.36. The van der Waals surface area contributed by atoms with Crippen LogP contribution in [0.3, 0.4) is 0 Å². The third kappa shape index (κ3) is 3.51. The number of carbonyl (C=O) groups is 2. The molecule has 70 valence electrons. The lowest BCUT2D eigenvalue weighted by Gasteiger charge is -2.24. The highest BCUT2D eigenvalue weighted by molar-refractivity contribution is 5.78. The maximum atomic E-state index is 11.3. The van der Waals surface area contributed by atoms with Crippen LogP contribution in [0.1, 0.15) is 34.6 Å². The van der Waals surface area contributed by atoms with Gasteiger partial charge in [0.2, 0.25) is 0 Å². The lowest BCUT2D eigenvalue weighted by atomic mass is 9.97. The standard InChI is InChI=1S/C9H16O3/c1-8(2,3)7(11)12-9(4,5)6-10/h6H,1-5H3. The summed E-state index contributed by atoms with van der Waals surface area (Å²) in [5.74, 6) is -0.361. The molecule has 0 aromatic heterocycles. The second-order valence-electron chi connectivity index (χ2n) is 4.36. The van der Waals surface area contributed by atoms with Crippen LogP contribution in [-0.2, 0) is 14.3 Å². The van der Waals surface area contributed by atoms with Gasteiger partial charge in [0.1, 0.15) is 0 Å². The van der Waals surface area contributed by atoms with Gasteiger partial charge in [0.15, 0.2) is 11.9 Å². The molecule has 0 N–H and O–H groups in total. The Kier molecular flexibility index (Phi) is 3.02. The number of rotatable bonds is 2. The van der Waals surface area contributed by atoms with Gasteiger partial charge in [-0.1, -0.05) is 0 Å². The minimum Gasteiger partial charge on any atom is -0.452 e. The van der Waals surface area contributed by atoms with E-state index in [2.05, 4.69) is 0 Å². The van der Waals surface area contributed by atoms with Gasteiger partial charge in [-0.2, -0.15) is 0 Å². The molecule has 0 bridgehead atoms. The molecule has 0 aliphatic heterocycles. The fourth-order valence-corrected chi connectivity index (χ4v) is 0.416. The molecule has 0 spiro atoms. The number of aldehydes is 1. The first-order chi connectivity index (χ1) is 5.19. The van der Waals surface area contributed by atoms with Gasteiger partial charge < -0.3 is 4.74 Å². The second-order valence-corrected chi connectivity index (χ2v) is 4.36. The molecule has 0 saturated heterocycles. The van der Waals surface area contributed by atoms with Crippen LogP contribution in [0.2, 0.25) is 0 Å². The number of hydrogen-bond acceptors (Lipinski definition) is 3. The number of ether oxygens (including phenoxy) is 1. The molecule has 0 aliphatic carbocycles.